The molecular formula is C16H21N3OS. The van der Waals surface area contributed by atoms with E-state index in [-0.39, 0.29) is 11.8 Å². The van der Waals surface area contributed by atoms with Crippen LogP contribution in [-0.4, -0.2) is 16.1 Å². The third-order valence-corrected chi connectivity index (χ3v) is 7.13. The lowest BCUT2D eigenvalue weighted by atomic mass is 9.51. The van der Waals surface area contributed by atoms with Crippen LogP contribution in [-0.2, 0) is 4.79 Å². The van der Waals surface area contributed by atoms with Crippen LogP contribution in [0.15, 0.2) is 0 Å². The Kier molecular flexibility index (Phi) is 2.70. The maximum absolute atomic E-state index is 12.7. The third kappa shape index (κ3) is 2.12. The molecule has 112 valence electrons. The van der Waals surface area contributed by atoms with Gasteiger partial charge in [-0.1, -0.05) is 11.3 Å². The van der Waals surface area contributed by atoms with E-state index in [0.717, 1.165) is 22.0 Å². The summed E-state index contributed by atoms with van der Waals surface area (Å²) in [6, 6.07) is 0. The normalized spacial score (nSPS) is 40.5. The average molecular weight is 303 g/mol. The van der Waals surface area contributed by atoms with Crippen molar-refractivity contribution in [3.63, 3.8) is 0 Å². The number of carbonyl (C=O) groups excluding carboxylic acids is 1. The molecule has 1 heterocycles. The Morgan fingerprint density at radius 2 is 1.67 bits per heavy atom. The summed E-state index contributed by atoms with van der Waals surface area (Å²) in [4.78, 5) is 12.7. The second-order valence-corrected chi connectivity index (χ2v) is 8.67. The van der Waals surface area contributed by atoms with Crippen LogP contribution in [0, 0.1) is 29.6 Å². The molecule has 1 N–H and O–H groups in total. The Bertz CT molecular complexity index is 552. The lowest BCUT2D eigenvalue weighted by Gasteiger charge is -2.53. The van der Waals surface area contributed by atoms with Crippen LogP contribution < -0.4 is 5.32 Å². The van der Waals surface area contributed by atoms with E-state index >= 15 is 0 Å². The van der Waals surface area contributed by atoms with E-state index in [1.54, 1.807) is 11.3 Å². The summed E-state index contributed by atoms with van der Waals surface area (Å²) < 4.78 is 0. The average Bonchev–Trinajstić information content (AvgIpc) is 3.18. The predicted molar refractivity (Wildman–Crippen MR) is 81.0 cm³/mol. The highest BCUT2D eigenvalue weighted by Gasteiger charge is 2.50. The van der Waals surface area contributed by atoms with E-state index in [2.05, 4.69) is 15.5 Å². The fourth-order valence-electron chi connectivity index (χ4n) is 5.32. The van der Waals surface area contributed by atoms with Gasteiger partial charge in [0, 0.05) is 11.8 Å². The van der Waals surface area contributed by atoms with Gasteiger partial charge in [-0.15, -0.1) is 10.2 Å². The molecule has 5 saturated carbocycles. The molecule has 5 fully saturated rings. The fourth-order valence-corrected chi connectivity index (χ4v) is 6.24. The lowest BCUT2D eigenvalue weighted by Crippen LogP contribution is -2.49. The van der Waals surface area contributed by atoms with Crippen molar-refractivity contribution in [2.24, 2.45) is 29.6 Å². The van der Waals surface area contributed by atoms with Crippen molar-refractivity contribution in [3.8, 4) is 0 Å². The molecule has 0 aliphatic heterocycles. The second kappa shape index (κ2) is 4.51. The Morgan fingerprint density at radius 1 is 1.00 bits per heavy atom. The van der Waals surface area contributed by atoms with E-state index < -0.39 is 0 Å². The highest BCUT2D eigenvalue weighted by molar-refractivity contribution is 7.15. The van der Waals surface area contributed by atoms with Crippen molar-refractivity contribution < 1.29 is 4.79 Å². The molecular weight excluding hydrogens is 282 g/mol. The van der Waals surface area contributed by atoms with Gasteiger partial charge < -0.3 is 5.32 Å². The number of aromatic nitrogens is 2. The van der Waals surface area contributed by atoms with E-state index in [1.165, 1.54) is 44.9 Å². The molecule has 5 heteroatoms. The summed E-state index contributed by atoms with van der Waals surface area (Å²) in [5.74, 6) is 4.19. The van der Waals surface area contributed by atoms with Gasteiger partial charge in [-0.05, 0) is 68.6 Å². The Balaban J connectivity index is 1.31. The van der Waals surface area contributed by atoms with Crippen molar-refractivity contribution in [2.45, 2.75) is 50.9 Å². The van der Waals surface area contributed by atoms with Crippen molar-refractivity contribution in [2.75, 3.05) is 5.32 Å². The number of hydrogen-bond donors (Lipinski definition) is 1. The highest BCUT2D eigenvalue weighted by atomic mass is 32.1. The molecule has 0 aromatic carbocycles. The minimum atomic E-state index is 0.224. The maximum atomic E-state index is 12.7. The summed E-state index contributed by atoms with van der Waals surface area (Å²) in [6.07, 6.45) is 9.05. The number of anilines is 1. The molecule has 4 nitrogen and oxygen atoms in total. The van der Waals surface area contributed by atoms with Crippen molar-refractivity contribution >= 4 is 22.4 Å². The van der Waals surface area contributed by atoms with E-state index in [1.807, 2.05) is 0 Å². The molecule has 0 atom stereocenters. The largest absolute Gasteiger partial charge is 0.300 e. The molecule has 21 heavy (non-hydrogen) atoms. The van der Waals surface area contributed by atoms with Gasteiger partial charge in [-0.2, -0.15) is 0 Å². The molecule has 0 radical (unpaired) electrons. The first-order chi connectivity index (χ1) is 10.3. The quantitative estimate of drug-likeness (QED) is 0.930. The van der Waals surface area contributed by atoms with Gasteiger partial charge in [0.15, 0.2) is 0 Å². The lowest BCUT2D eigenvalue weighted by molar-refractivity contribution is -0.132. The predicted octanol–water partition coefficient (Wildman–Crippen LogP) is 3.43. The molecule has 0 spiro atoms. The Morgan fingerprint density at radius 3 is 2.29 bits per heavy atom. The third-order valence-electron chi connectivity index (χ3n) is 6.13. The van der Waals surface area contributed by atoms with E-state index in [4.69, 9.17) is 0 Å². The van der Waals surface area contributed by atoms with E-state index in [9.17, 15) is 4.79 Å². The summed E-state index contributed by atoms with van der Waals surface area (Å²) in [5, 5.41) is 13.3. The first-order valence-corrected chi connectivity index (χ1v) is 9.22. The SMILES string of the molecule is O=C(Nc1nnc(C2CC2)s1)C1C2CC3CC(C2)CC1C3. The molecule has 4 bridgehead atoms. The van der Waals surface area contributed by atoms with Gasteiger partial charge in [0.1, 0.15) is 5.01 Å². The molecule has 0 saturated heterocycles. The zero-order valence-corrected chi connectivity index (χ0v) is 12.9. The molecule has 5 aliphatic carbocycles. The molecule has 0 unspecified atom stereocenters. The van der Waals surface area contributed by atoms with Crippen LogP contribution in [0.3, 0.4) is 0 Å². The van der Waals surface area contributed by atoms with Gasteiger partial charge in [0.05, 0.1) is 0 Å². The van der Waals surface area contributed by atoms with Crippen LogP contribution in [0.2, 0.25) is 0 Å². The maximum Gasteiger partial charge on any atom is 0.229 e. The van der Waals surface area contributed by atoms with Crippen LogP contribution in [0.5, 0.6) is 0 Å². The molecule has 5 aliphatic rings. The van der Waals surface area contributed by atoms with Gasteiger partial charge in [-0.25, -0.2) is 0 Å². The molecule has 6 rings (SSSR count). The zero-order chi connectivity index (χ0) is 14.0. The number of amides is 1. The first-order valence-electron chi connectivity index (χ1n) is 8.40. The van der Waals surface area contributed by atoms with E-state index in [0.29, 0.717) is 17.8 Å². The number of rotatable bonds is 3. The zero-order valence-electron chi connectivity index (χ0n) is 12.1. The summed E-state index contributed by atoms with van der Waals surface area (Å²) in [6.45, 7) is 0. The van der Waals surface area contributed by atoms with Crippen LogP contribution in [0.1, 0.15) is 55.9 Å². The minimum absolute atomic E-state index is 0.224. The fraction of sp³-hybridized carbons (Fsp3) is 0.812. The number of nitrogens with one attached hydrogen (secondary N) is 1. The number of nitrogens with zero attached hydrogens (tertiary/aromatic N) is 2. The van der Waals surface area contributed by atoms with Crippen molar-refractivity contribution in [1.82, 2.24) is 10.2 Å². The summed E-state index contributed by atoms with van der Waals surface area (Å²) in [5.41, 5.74) is 0. The Hall–Kier alpha value is -0.970. The monoisotopic (exact) mass is 303 g/mol. The highest BCUT2D eigenvalue weighted by Crippen LogP contribution is 2.56. The number of hydrogen-bond acceptors (Lipinski definition) is 4. The van der Waals surface area contributed by atoms with Crippen molar-refractivity contribution in [1.29, 1.82) is 0 Å². The second-order valence-electron chi connectivity index (χ2n) is 7.67. The standard InChI is InChI=1S/C16H21N3OS/c20-14(17-16-19-18-15(21-16)10-1-2-10)13-11-4-8-3-9(6-11)7-12(13)5-8/h8-13H,1-7H2,(H,17,19,20). The van der Waals surface area contributed by atoms with Gasteiger partial charge in [-0.3, -0.25) is 4.79 Å². The Labute approximate surface area is 128 Å². The molecule has 1 aromatic rings. The van der Waals surface area contributed by atoms with Gasteiger partial charge in [0.25, 0.3) is 0 Å². The summed E-state index contributed by atoms with van der Waals surface area (Å²) in [7, 11) is 0. The smallest absolute Gasteiger partial charge is 0.229 e. The van der Waals surface area contributed by atoms with Crippen LogP contribution >= 0.6 is 11.3 Å². The van der Waals surface area contributed by atoms with Gasteiger partial charge in [0.2, 0.25) is 11.0 Å². The van der Waals surface area contributed by atoms with Crippen LogP contribution in [0.4, 0.5) is 5.13 Å². The van der Waals surface area contributed by atoms with Crippen LogP contribution in [0.25, 0.3) is 0 Å². The first kappa shape index (κ1) is 12.6. The number of carbonyl (C=O) groups is 1. The summed E-state index contributed by atoms with van der Waals surface area (Å²) >= 11 is 1.58. The van der Waals surface area contributed by atoms with Crippen molar-refractivity contribution in [3.05, 3.63) is 5.01 Å². The molecule has 1 amide bonds. The minimum Gasteiger partial charge on any atom is -0.300 e. The molecule has 1 aromatic heterocycles. The topological polar surface area (TPSA) is 54.9 Å². The van der Waals surface area contributed by atoms with Gasteiger partial charge >= 0.3 is 0 Å².